The molecule has 1 fully saturated rings. The number of nitrogens with zero attached hydrogens (tertiary/aromatic N) is 1. The smallest absolute Gasteiger partial charge is 0.335 e. The number of methoxy groups -OCH3 is 1. The number of piperidine rings is 1. The monoisotopic (exact) mass is 445 g/mol. The van der Waals surface area contributed by atoms with E-state index in [1.165, 1.54) is 35.0 Å². The minimum Gasteiger partial charge on any atom is -0.497 e. The number of fused-ring (bicyclic) bond motifs is 2. The maximum atomic E-state index is 11.2. The van der Waals surface area contributed by atoms with E-state index in [0.717, 1.165) is 55.5 Å². The molecule has 2 aromatic heterocycles. The Kier molecular flexibility index (Phi) is 6.09. The molecule has 0 saturated carbocycles. The summed E-state index contributed by atoms with van der Waals surface area (Å²) in [5, 5.41) is 11.5. The summed E-state index contributed by atoms with van der Waals surface area (Å²) in [6, 6.07) is 13.6. The predicted octanol–water partition coefficient (Wildman–Crippen LogP) is 5.56. The number of ether oxygens (including phenoxy) is 1. The molecule has 0 bridgehead atoms. The topological polar surface area (TPSA) is 81.3 Å². The number of hydrogen-bond donors (Lipinski definition) is 3. The van der Waals surface area contributed by atoms with Crippen LogP contribution >= 0.6 is 0 Å². The van der Waals surface area contributed by atoms with E-state index in [2.05, 4.69) is 39.3 Å². The lowest BCUT2D eigenvalue weighted by atomic mass is 9.93. The van der Waals surface area contributed by atoms with Crippen LogP contribution in [0.4, 0.5) is 0 Å². The molecule has 0 spiro atoms. The van der Waals surface area contributed by atoms with Crippen LogP contribution < -0.4 is 4.74 Å². The molecule has 0 radical (unpaired) electrons. The Hall–Kier alpha value is -3.25. The molecule has 5 rings (SSSR count). The van der Waals surface area contributed by atoms with Crippen molar-refractivity contribution >= 4 is 27.8 Å². The molecule has 0 atom stereocenters. The van der Waals surface area contributed by atoms with Gasteiger partial charge in [0, 0.05) is 39.6 Å². The van der Waals surface area contributed by atoms with Crippen molar-refractivity contribution in [2.45, 2.75) is 38.0 Å². The van der Waals surface area contributed by atoms with Gasteiger partial charge in [0.2, 0.25) is 0 Å². The quantitative estimate of drug-likeness (QED) is 0.310. The molecule has 0 amide bonds. The van der Waals surface area contributed by atoms with Crippen molar-refractivity contribution in [3.63, 3.8) is 0 Å². The predicted molar refractivity (Wildman–Crippen MR) is 131 cm³/mol. The van der Waals surface area contributed by atoms with Gasteiger partial charge in [-0.05, 0) is 99.8 Å². The number of aromatic amines is 2. The number of rotatable bonds is 8. The summed E-state index contributed by atoms with van der Waals surface area (Å²) in [5.41, 5.74) is 5.14. The number of hydrogen-bond acceptors (Lipinski definition) is 3. The van der Waals surface area contributed by atoms with E-state index < -0.39 is 5.97 Å². The van der Waals surface area contributed by atoms with Gasteiger partial charge in [0.05, 0.1) is 12.7 Å². The molecule has 1 saturated heterocycles. The lowest BCUT2D eigenvalue weighted by Gasteiger charge is -2.31. The van der Waals surface area contributed by atoms with E-state index in [1.54, 1.807) is 19.2 Å². The Morgan fingerprint density at radius 1 is 1.09 bits per heavy atom. The number of nitrogens with one attached hydrogen (secondary N) is 2. The van der Waals surface area contributed by atoms with Crippen molar-refractivity contribution in [3.05, 3.63) is 65.5 Å². The molecular formula is C27H31N3O3. The van der Waals surface area contributed by atoms with Gasteiger partial charge in [0.25, 0.3) is 0 Å². The van der Waals surface area contributed by atoms with Crippen LogP contribution in [0, 0.1) is 0 Å². The van der Waals surface area contributed by atoms with E-state index in [0.29, 0.717) is 11.5 Å². The van der Waals surface area contributed by atoms with Crippen LogP contribution in [0.25, 0.3) is 21.8 Å². The molecule has 6 heteroatoms. The number of aromatic carboxylic acids is 1. The number of carbonyl (C=O) groups is 1. The van der Waals surface area contributed by atoms with Gasteiger partial charge in [0.1, 0.15) is 5.75 Å². The molecule has 0 unspecified atom stereocenters. The number of carboxylic acid groups (broad SMARTS) is 1. The van der Waals surface area contributed by atoms with Gasteiger partial charge in [-0.25, -0.2) is 4.79 Å². The Morgan fingerprint density at radius 2 is 1.91 bits per heavy atom. The van der Waals surface area contributed by atoms with Crippen LogP contribution in [0.15, 0.2) is 48.7 Å². The second kappa shape index (κ2) is 9.32. The third kappa shape index (κ3) is 4.62. The molecule has 33 heavy (non-hydrogen) atoms. The number of aryl methyl sites for hydroxylation is 1. The molecular weight excluding hydrogens is 414 g/mol. The van der Waals surface area contributed by atoms with Gasteiger partial charge in [-0.15, -0.1) is 0 Å². The molecule has 172 valence electrons. The first-order valence-corrected chi connectivity index (χ1v) is 11.8. The fraction of sp³-hybridized carbons (Fsp3) is 0.370. The van der Waals surface area contributed by atoms with Gasteiger partial charge in [-0.2, -0.15) is 0 Å². The Bertz CT molecular complexity index is 1260. The van der Waals surface area contributed by atoms with Gasteiger partial charge in [0.15, 0.2) is 0 Å². The summed E-state index contributed by atoms with van der Waals surface area (Å²) >= 11 is 0. The van der Waals surface area contributed by atoms with Crippen molar-refractivity contribution in [1.82, 2.24) is 14.9 Å². The molecule has 4 aromatic rings. The Morgan fingerprint density at radius 3 is 2.70 bits per heavy atom. The fourth-order valence-electron chi connectivity index (χ4n) is 5.12. The minimum absolute atomic E-state index is 0.342. The number of likely N-dealkylation sites (tertiary alicyclic amines) is 1. The van der Waals surface area contributed by atoms with Crippen LogP contribution in [0.3, 0.4) is 0 Å². The van der Waals surface area contributed by atoms with Crippen molar-refractivity contribution in [2.24, 2.45) is 0 Å². The van der Waals surface area contributed by atoms with Gasteiger partial charge in [-0.3, -0.25) is 0 Å². The molecule has 1 aliphatic rings. The third-order valence-electron chi connectivity index (χ3n) is 7.06. The summed E-state index contributed by atoms with van der Waals surface area (Å²) in [7, 11) is 1.71. The lowest BCUT2D eigenvalue weighted by Crippen LogP contribution is -2.33. The second-order valence-corrected chi connectivity index (χ2v) is 9.13. The van der Waals surface area contributed by atoms with Crippen molar-refractivity contribution in [2.75, 3.05) is 26.7 Å². The molecule has 1 aliphatic heterocycles. The summed E-state index contributed by atoms with van der Waals surface area (Å²) in [4.78, 5) is 20.7. The van der Waals surface area contributed by atoms with E-state index in [1.807, 2.05) is 12.1 Å². The Labute approximate surface area is 193 Å². The van der Waals surface area contributed by atoms with E-state index in [9.17, 15) is 9.90 Å². The number of unbranched alkanes of at least 4 members (excludes halogenated alkanes) is 1. The number of carboxylic acids is 1. The molecule has 3 N–H and O–H groups in total. The van der Waals surface area contributed by atoms with Crippen molar-refractivity contribution in [1.29, 1.82) is 0 Å². The number of aromatic nitrogens is 2. The van der Waals surface area contributed by atoms with Gasteiger partial charge >= 0.3 is 5.97 Å². The SMILES string of the molecule is COc1ccc2[nH]cc(CCCCN3CCC(c4cc5cc(C(=O)O)ccc5[nH]4)CC3)c2c1. The summed E-state index contributed by atoms with van der Waals surface area (Å²) < 4.78 is 5.38. The second-order valence-electron chi connectivity index (χ2n) is 9.13. The van der Waals surface area contributed by atoms with Gasteiger partial charge < -0.3 is 24.7 Å². The zero-order chi connectivity index (χ0) is 22.8. The highest BCUT2D eigenvalue weighted by Gasteiger charge is 2.22. The average molecular weight is 446 g/mol. The maximum absolute atomic E-state index is 11.2. The van der Waals surface area contributed by atoms with E-state index in [4.69, 9.17) is 4.74 Å². The first-order chi connectivity index (χ1) is 16.1. The maximum Gasteiger partial charge on any atom is 0.335 e. The summed E-state index contributed by atoms with van der Waals surface area (Å²) in [5.74, 6) is 0.545. The largest absolute Gasteiger partial charge is 0.497 e. The standard InChI is InChI=1S/C27H31N3O3/c1-33-22-6-8-25-23(16-22)20(17-28-25)4-2-3-11-30-12-9-18(10-13-30)26-15-21-14-19(27(31)32)5-7-24(21)29-26/h5-8,14-18,28-29H,2-4,9-13H2,1H3,(H,31,32). The lowest BCUT2D eigenvalue weighted by molar-refractivity contribution is 0.0697. The van der Waals surface area contributed by atoms with Crippen molar-refractivity contribution < 1.29 is 14.6 Å². The van der Waals surface area contributed by atoms with E-state index in [-0.39, 0.29) is 0 Å². The van der Waals surface area contributed by atoms with Gasteiger partial charge in [-0.1, -0.05) is 0 Å². The van der Waals surface area contributed by atoms with E-state index >= 15 is 0 Å². The highest BCUT2D eigenvalue weighted by atomic mass is 16.5. The molecule has 6 nitrogen and oxygen atoms in total. The average Bonchev–Trinajstić information content (AvgIpc) is 3.45. The van der Waals surface area contributed by atoms with Crippen LogP contribution in [-0.2, 0) is 6.42 Å². The fourth-order valence-corrected chi connectivity index (χ4v) is 5.12. The van der Waals surface area contributed by atoms with Crippen LogP contribution in [0.2, 0.25) is 0 Å². The summed E-state index contributed by atoms with van der Waals surface area (Å²) in [6.45, 7) is 3.38. The first-order valence-electron chi connectivity index (χ1n) is 11.8. The van der Waals surface area contributed by atoms with Crippen molar-refractivity contribution in [3.8, 4) is 5.75 Å². The Balaban J connectivity index is 1.10. The van der Waals surface area contributed by atoms with Crippen LogP contribution in [0.5, 0.6) is 5.75 Å². The minimum atomic E-state index is -0.877. The van der Waals surface area contributed by atoms with Crippen LogP contribution in [-0.4, -0.2) is 52.7 Å². The van der Waals surface area contributed by atoms with Crippen LogP contribution in [0.1, 0.15) is 53.2 Å². The zero-order valence-electron chi connectivity index (χ0n) is 19.1. The number of H-pyrrole nitrogens is 2. The molecule has 2 aromatic carbocycles. The number of benzene rings is 2. The zero-order valence-corrected chi connectivity index (χ0v) is 19.1. The molecule has 0 aliphatic carbocycles. The third-order valence-corrected chi connectivity index (χ3v) is 7.06. The highest BCUT2D eigenvalue weighted by Crippen LogP contribution is 2.31. The molecule has 3 heterocycles. The highest BCUT2D eigenvalue weighted by molar-refractivity contribution is 5.93. The first kappa shape index (κ1) is 21.6. The summed E-state index contributed by atoms with van der Waals surface area (Å²) in [6.07, 6.45) is 7.87. The normalized spacial score (nSPS) is 15.4.